The quantitative estimate of drug-likeness (QED) is 0.540. The number of benzene rings is 1. The van der Waals surface area contributed by atoms with Crippen molar-refractivity contribution in [3.8, 4) is 11.3 Å². The Hall–Kier alpha value is -2.78. The Bertz CT molecular complexity index is 1220. The summed E-state index contributed by atoms with van der Waals surface area (Å²) in [6.45, 7) is 3.51. The second kappa shape index (κ2) is 8.39. The van der Waals surface area contributed by atoms with E-state index in [1.54, 1.807) is 18.4 Å². The van der Waals surface area contributed by atoms with E-state index in [1.165, 1.54) is 18.2 Å². The van der Waals surface area contributed by atoms with Crippen molar-refractivity contribution in [2.75, 3.05) is 0 Å². The molecule has 0 fully saturated rings. The monoisotopic (exact) mass is 473 g/mol. The number of carbonyl (C=O) groups is 1. The van der Waals surface area contributed by atoms with Crippen LogP contribution >= 0.6 is 23.2 Å². The van der Waals surface area contributed by atoms with Crippen LogP contribution in [0.1, 0.15) is 41.6 Å². The van der Waals surface area contributed by atoms with Crippen LogP contribution in [0.25, 0.3) is 11.3 Å². The molecule has 0 spiro atoms. The summed E-state index contributed by atoms with van der Waals surface area (Å²) in [7, 11) is 0. The summed E-state index contributed by atoms with van der Waals surface area (Å²) in [6, 6.07) is 5.55. The number of aromatic nitrogens is 3. The van der Waals surface area contributed by atoms with Crippen molar-refractivity contribution in [2.45, 2.75) is 32.6 Å². The summed E-state index contributed by atoms with van der Waals surface area (Å²) >= 11 is 12.0. The molecule has 0 radical (unpaired) electrons. The zero-order valence-electron chi connectivity index (χ0n) is 16.2. The lowest BCUT2D eigenvalue weighted by Gasteiger charge is -2.23. The number of halogens is 5. The lowest BCUT2D eigenvalue weighted by Crippen LogP contribution is -2.26. The van der Waals surface area contributed by atoms with Crippen molar-refractivity contribution in [3.63, 3.8) is 0 Å². The van der Waals surface area contributed by atoms with Gasteiger partial charge >= 0.3 is 12.1 Å². The molecule has 1 unspecified atom stereocenters. The van der Waals surface area contributed by atoms with E-state index < -0.39 is 34.9 Å². The molecule has 6 nitrogen and oxygen atoms in total. The van der Waals surface area contributed by atoms with Gasteiger partial charge in [-0.3, -0.25) is 9.48 Å². The first-order valence-electron chi connectivity index (χ1n) is 9.04. The van der Waals surface area contributed by atoms with Gasteiger partial charge in [0, 0.05) is 30.1 Å². The van der Waals surface area contributed by atoms with Crippen LogP contribution in [0.2, 0.25) is 10.0 Å². The Balaban J connectivity index is 2.28. The molecule has 3 aromatic rings. The number of carboxylic acid groups (broad SMARTS) is 1. The van der Waals surface area contributed by atoms with Gasteiger partial charge in [-0.2, -0.15) is 18.3 Å². The first-order chi connectivity index (χ1) is 14.5. The van der Waals surface area contributed by atoms with Crippen molar-refractivity contribution >= 4 is 29.2 Å². The van der Waals surface area contributed by atoms with Crippen LogP contribution in [0.3, 0.4) is 0 Å². The van der Waals surface area contributed by atoms with E-state index in [4.69, 9.17) is 23.2 Å². The predicted octanol–water partition coefficient (Wildman–Crippen LogP) is 5.36. The van der Waals surface area contributed by atoms with E-state index in [0.29, 0.717) is 5.56 Å². The van der Waals surface area contributed by atoms with Crippen LogP contribution < -0.4 is 5.43 Å². The molecule has 31 heavy (non-hydrogen) atoms. The van der Waals surface area contributed by atoms with Gasteiger partial charge in [-0.15, -0.1) is 0 Å². The summed E-state index contributed by atoms with van der Waals surface area (Å²) in [5, 5.41) is 13.6. The Labute approximate surface area is 184 Å². The van der Waals surface area contributed by atoms with E-state index in [2.05, 4.69) is 5.10 Å². The van der Waals surface area contributed by atoms with Gasteiger partial charge in [-0.05, 0) is 32.0 Å². The minimum atomic E-state index is -4.62. The topological polar surface area (TPSA) is 77.1 Å². The van der Waals surface area contributed by atoms with Gasteiger partial charge in [-0.1, -0.05) is 29.3 Å². The fourth-order valence-corrected chi connectivity index (χ4v) is 3.64. The Morgan fingerprint density at radius 3 is 2.39 bits per heavy atom. The number of aromatic carboxylic acids is 1. The van der Waals surface area contributed by atoms with Crippen molar-refractivity contribution in [1.29, 1.82) is 0 Å². The number of nitrogens with zero attached hydrogens (tertiary/aromatic N) is 3. The molecular formula is C20H16Cl2F3N3O3. The molecule has 1 aromatic carbocycles. The Morgan fingerprint density at radius 1 is 1.19 bits per heavy atom. The van der Waals surface area contributed by atoms with Gasteiger partial charge in [0.2, 0.25) is 0 Å². The highest BCUT2D eigenvalue weighted by atomic mass is 35.5. The van der Waals surface area contributed by atoms with Gasteiger partial charge in [0.1, 0.15) is 5.56 Å². The molecule has 0 aliphatic carbocycles. The molecule has 0 amide bonds. The number of alkyl halides is 3. The van der Waals surface area contributed by atoms with Crippen molar-refractivity contribution < 1.29 is 23.1 Å². The van der Waals surface area contributed by atoms with Gasteiger partial charge in [0.25, 0.3) is 0 Å². The molecular weight excluding hydrogens is 458 g/mol. The molecule has 2 heterocycles. The number of hydrogen-bond donors (Lipinski definition) is 1. The lowest BCUT2D eigenvalue weighted by atomic mass is 10.0. The molecule has 0 aliphatic rings. The highest BCUT2D eigenvalue weighted by molar-refractivity contribution is 6.42. The summed E-state index contributed by atoms with van der Waals surface area (Å²) in [4.78, 5) is 24.6. The normalized spacial score (nSPS) is 12.7. The van der Waals surface area contributed by atoms with E-state index in [-0.39, 0.29) is 28.0 Å². The van der Waals surface area contributed by atoms with Crippen LogP contribution in [0, 0.1) is 0 Å². The largest absolute Gasteiger partial charge is 0.477 e. The number of hydrogen-bond acceptors (Lipinski definition) is 3. The van der Waals surface area contributed by atoms with Crippen LogP contribution in [-0.4, -0.2) is 25.4 Å². The molecule has 1 N–H and O–H groups in total. The first-order valence-corrected chi connectivity index (χ1v) is 9.80. The fourth-order valence-electron chi connectivity index (χ4n) is 3.34. The second-order valence-electron chi connectivity index (χ2n) is 6.69. The van der Waals surface area contributed by atoms with Crippen molar-refractivity contribution in [3.05, 3.63) is 73.7 Å². The van der Waals surface area contributed by atoms with Crippen molar-refractivity contribution in [1.82, 2.24) is 14.3 Å². The van der Waals surface area contributed by atoms with Crippen molar-refractivity contribution in [2.24, 2.45) is 0 Å². The predicted molar refractivity (Wildman–Crippen MR) is 110 cm³/mol. The third kappa shape index (κ3) is 4.33. The first kappa shape index (κ1) is 22.9. The van der Waals surface area contributed by atoms with Crippen LogP contribution in [-0.2, 0) is 12.7 Å². The second-order valence-corrected chi connectivity index (χ2v) is 7.50. The SMILES string of the molecule is CCn1c(C(C)n2ccc(C(F)(F)F)n2)cc(=O)c(C(=O)O)c1-c1ccc(Cl)c(Cl)c1. The molecule has 11 heteroatoms. The van der Waals surface area contributed by atoms with Gasteiger partial charge < -0.3 is 9.67 Å². The number of carboxylic acids is 1. The fraction of sp³-hybridized carbons (Fsp3) is 0.250. The minimum Gasteiger partial charge on any atom is -0.477 e. The maximum Gasteiger partial charge on any atom is 0.435 e. The van der Waals surface area contributed by atoms with Gasteiger partial charge in [-0.25, -0.2) is 4.79 Å². The highest BCUT2D eigenvalue weighted by Gasteiger charge is 2.34. The summed E-state index contributed by atoms with van der Waals surface area (Å²) in [5.41, 5.74) is -1.65. The average molecular weight is 474 g/mol. The Morgan fingerprint density at radius 2 is 1.87 bits per heavy atom. The third-order valence-electron chi connectivity index (χ3n) is 4.79. The summed E-state index contributed by atoms with van der Waals surface area (Å²) in [6.07, 6.45) is -3.46. The molecule has 0 aliphatic heterocycles. The number of rotatable bonds is 5. The smallest absolute Gasteiger partial charge is 0.435 e. The van der Waals surface area contributed by atoms with E-state index in [0.717, 1.165) is 23.0 Å². The summed E-state index contributed by atoms with van der Waals surface area (Å²) in [5.74, 6) is -1.44. The molecule has 0 saturated heterocycles. The third-order valence-corrected chi connectivity index (χ3v) is 5.53. The molecule has 164 valence electrons. The van der Waals surface area contributed by atoms with E-state index >= 15 is 0 Å². The Kier molecular flexibility index (Phi) is 6.20. The van der Waals surface area contributed by atoms with Gasteiger partial charge in [0.05, 0.1) is 21.8 Å². The standard InChI is InChI=1S/C20H16Cl2F3N3O3/c1-3-27-14(10(2)28-7-6-16(26-28)20(23,24)25)9-15(29)17(19(30)31)18(27)11-4-5-12(21)13(22)8-11/h4-10H,3H2,1-2H3,(H,30,31). The van der Waals surface area contributed by atoms with E-state index in [1.807, 2.05) is 0 Å². The maximum atomic E-state index is 13.0. The zero-order valence-corrected chi connectivity index (χ0v) is 17.8. The van der Waals surface area contributed by atoms with Crippen LogP contribution in [0.5, 0.6) is 0 Å². The van der Waals surface area contributed by atoms with Crippen LogP contribution in [0.15, 0.2) is 41.3 Å². The molecule has 3 rings (SSSR count). The van der Waals surface area contributed by atoms with Gasteiger partial charge in [0.15, 0.2) is 11.1 Å². The zero-order chi connectivity index (χ0) is 23.1. The van der Waals surface area contributed by atoms with Crippen LogP contribution in [0.4, 0.5) is 13.2 Å². The maximum absolute atomic E-state index is 13.0. The lowest BCUT2D eigenvalue weighted by molar-refractivity contribution is -0.141. The number of pyridine rings is 1. The molecule has 0 bridgehead atoms. The minimum absolute atomic E-state index is 0.0751. The summed E-state index contributed by atoms with van der Waals surface area (Å²) < 4.78 is 41.5. The van der Waals surface area contributed by atoms with E-state index in [9.17, 15) is 27.9 Å². The average Bonchev–Trinajstić information content (AvgIpc) is 3.19. The molecule has 2 aromatic heterocycles. The molecule has 0 saturated carbocycles. The molecule has 1 atom stereocenters. The highest BCUT2D eigenvalue weighted by Crippen LogP contribution is 2.33.